The number of methoxy groups -OCH3 is 1. The number of hydrogen-bond acceptors (Lipinski definition) is 5. The van der Waals surface area contributed by atoms with Crippen LogP contribution >= 0.6 is 0 Å². The lowest BCUT2D eigenvalue weighted by Crippen LogP contribution is -2.37. The number of hydrogen-bond donors (Lipinski definition) is 0. The number of benzene rings is 4. The number of ether oxygens (including phenoxy) is 2. The molecule has 228 valence electrons. The Hall–Kier alpha value is -5.37. The molecule has 1 heterocycles. The van der Waals surface area contributed by atoms with E-state index in [0.717, 1.165) is 47.8 Å². The van der Waals surface area contributed by atoms with Gasteiger partial charge in [-0.1, -0.05) is 61.4 Å². The van der Waals surface area contributed by atoms with Crippen LogP contribution in [-0.4, -0.2) is 35.7 Å². The van der Waals surface area contributed by atoms with Gasteiger partial charge in [-0.25, -0.2) is 14.5 Å². The van der Waals surface area contributed by atoms with Crippen LogP contribution in [0.25, 0.3) is 10.9 Å². The molecular formula is C37H35N3O5. The molecule has 45 heavy (non-hydrogen) atoms. The first-order valence-electron chi connectivity index (χ1n) is 15.1. The van der Waals surface area contributed by atoms with E-state index in [0.29, 0.717) is 23.7 Å². The van der Waals surface area contributed by atoms with E-state index in [1.807, 2.05) is 71.8 Å². The zero-order chi connectivity index (χ0) is 31.3. The van der Waals surface area contributed by atoms with Crippen LogP contribution in [0.1, 0.15) is 48.5 Å². The van der Waals surface area contributed by atoms with Crippen molar-refractivity contribution in [2.45, 2.75) is 45.2 Å². The van der Waals surface area contributed by atoms with Crippen molar-refractivity contribution in [3.05, 3.63) is 120 Å². The van der Waals surface area contributed by atoms with Crippen LogP contribution in [0.2, 0.25) is 0 Å². The maximum absolute atomic E-state index is 13.3. The Morgan fingerprint density at radius 3 is 2.09 bits per heavy atom. The highest BCUT2D eigenvalue weighted by Gasteiger charge is 2.27. The summed E-state index contributed by atoms with van der Waals surface area (Å²) >= 11 is 0. The Kier molecular flexibility index (Phi) is 8.64. The Morgan fingerprint density at radius 1 is 0.800 bits per heavy atom. The number of esters is 1. The van der Waals surface area contributed by atoms with Gasteiger partial charge in [0.15, 0.2) is 0 Å². The van der Waals surface area contributed by atoms with Crippen molar-refractivity contribution >= 4 is 45.9 Å². The highest BCUT2D eigenvalue weighted by molar-refractivity contribution is 6.05. The van der Waals surface area contributed by atoms with E-state index in [2.05, 4.69) is 10.6 Å². The fraction of sp³-hybridized carbons (Fsp3) is 0.216. The Morgan fingerprint density at radius 2 is 1.47 bits per heavy atom. The van der Waals surface area contributed by atoms with Gasteiger partial charge in [-0.2, -0.15) is 0 Å². The number of fused-ring (bicyclic) bond motifs is 1. The molecule has 0 spiro atoms. The van der Waals surface area contributed by atoms with Crippen molar-refractivity contribution in [3.63, 3.8) is 0 Å². The molecule has 0 aliphatic heterocycles. The molecule has 1 aliphatic carbocycles. The smallest absolute Gasteiger partial charge is 0.426 e. The first-order chi connectivity index (χ1) is 21.9. The number of carbonyl (C=O) groups excluding carboxylic acids is 3. The Balaban J connectivity index is 1.23. The van der Waals surface area contributed by atoms with Gasteiger partial charge in [0.1, 0.15) is 5.75 Å². The van der Waals surface area contributed by atoms with Gasteiger partial charge < -0.3 is 18.9 Å². The molecule has 1 fully saturated rings. The van der Waals surface area contributed by atoms with Gasteiger partial charge in [0.05, 0.1) is 36.1 Å². The number of rotatable bonds is 8. The molecule has 1 aliphatic rings. The molecule has 4 aromatic carbocycles. The summed E-state index contributed by atoms with van der Waals surface area (Å²) in [6.07, 6.45) is 5.52. The fourth-order valence-electron chi connectivity index (χ4n) is 6.16. The molecule has 0 atom stereocenters. The van der Waals surface area contributed by atoms with Crippen molar-refractivity contribution in [2.75, 3.05) is 16.9 Å². The molecule has 8 nitrogen and oxygen atoms in total. The van der Waals surface area contributed by atoms with Crippen LogP contribution in [0.5, 0.6) is 5.75 Å². The second kappa shape index (κ2) is 13.1. The molecule has 5 aromatic rings. The summed E-state index contributed by atoms with van der Waals surface area (Å²) in [5.41, 5.74) is 4.08. The quantitative estimate of drug-likeness (QED) is 0.133. The third kappa shape index (κ3) is 6.31. The number of amides is 2. The van der Waals surface area contributed by atoms with Gasteiger partial charge in [0.2, 0.25) is 5.91 Å². The average molecular weight is 602 g/mol. The minimum atomic E-state index is -0.813. The van der Waals surface area contributed by atoms with Gasteiger partial charge in [0.25, 0.3) is 0 Å². The average Bonchev–Trinajstić information content (AvgIpc) is 3.73. The highest BCUT2D eigenvalue weighted by Crippen LogP contribution is 2.32. The lowest BCUT2D eigenvalue weighted by Gasteiger charge is -2.28. The van der Waals surface area contributed by atoms with Crippen LogP contribution in [0, 0.1) is 0 Å². The predicted molar refractivity (Wildman–Crippen MR) is 175 cm³/mol. The van der Waals surface area contributed by atoms with Crippen LogP contribution in [0.15, 0.2) is 109 Å². The first kappa shape index (κ1) is 29.7. The molecule has 0 bridgehead atoms. The summed E-state index contributed by atoms with van der Waals surface area (Å²) in [6, 6.07) is 31.5. The van der Waals surface area contributed by atoms with Crippen LogP contribution < -0.4 is 14.5 Å². The van der Waals surface area contributed by atoms with Gasteiger partial charge >= 0.3 is 12.1 Å². The molecule has 0 radical (unpaired) electrons. The normalized spacial score (nSPS) is 13.0. The van der Waals surface area contributed by atoms with Crippen molar-refractivity contribution < 1.29 is 23.9 Å². The highest BCUT2D eigenvalue weighted by atomic mass is 16.6. The molecule has 1 saturated carbocycles. The third-order valence-corrected chi connectivity index (χ3v) is 8.32. The van der Waals surface area contributed by atoms with E-state index in [1.54, 1.807) is 50.4 Å². The zero-order valence-electron chi connectivity index (χ0n) is 25.4. The molecule has 0 N–H and O–H groups in total. The van der Waals surface area contributed by atoms with Crippen molar-refractivity contribution in [1.82, 2.24) is 4.57 Å². The summed E-state index contributed by atoms with van der Waals surface area (Å²) in [5, 5.41) is 1.06. The second-order valence-corrected chi connectivity index (χ2v) is 11.2. The lowest BCUT2D eigenvalue weighted by molar-refractivity contribution is -0.117. The zero-order valence-corrected chi connectivity index (χ0v) is 25.4. The number of para-hydroxylation sites is 2. The topological polar surface area (TPSA) is 81.1 Å². The van der Waals surface area contributed by atoms with Crippen molar-refractivity contribution in [2.24, 2.45) is 0 Å². The summed E-state index contributed by atoms with van der Waals surface area (Å²) in [5.74, 6) is -0.235. The van der Waals surface area contributed by atoms with E-state index in [1.165, 1.54) is 4.90 Å². The summed E-state index contributed by atoms with van der Waals surface area (Å²) in [7, 11) is 1.55. The van der Waals surface area contributed by atoms with Gasteiger partial charge in [-0.3, -0.25) is 4.79 Å². The molecule has 8 heteroatoms. The predicted octanol–water partition coefficient (Wildman–Crippen LogP) is 8.11. The monoisotopic (exact) mass is 601 g/mol. The molecule has 1 aromatic heterocycles. The first-order valence-corrected chi connectivity index (χ1v) is 15.1. The van der Waals surface area contributed by atoms with E-state index in [9.17, 15) is 14.4 Å². The SMILES string of the molecule is COc1cc(C(=O)OC(=O)N(c2ccccc2)c2ccccc2)ccc1Cn1ccc2ccc(N(C(C)=O)C3CCCC3)cc21. The minimum absolute atomic E-state index is 0.0534. The molecule has 2 amide bonds. The lowest BCUT2D eigenvalue weighted by atomic mass is 10.1. The molecular weight excluding hydrogens is 566 g/mol. The minimum Gasteiger partial charge on any atom is -0.496 e. The maximum Gasteiger partial charge on any atom is 0.426 e. The number of nitrogens with zero attached hydrogens (tertiary/aromatic N) is 3. The van der Waals surface area contributed by atoms with E-state index < -0.39 is 12.1 Å². The van der Waals surface area contributed by atoms with E-state index >= 15 is 0 Å². The van der Waals surface area contributed by atoms with Crippen molar-refractivity contribution in [1.29, 1.82) is 0 Å². The summed E-state index contributed by atoms with van der Waals surface area (Å²) in [6.45, 7) is 2.11. The largest absolute Gasteiger partial charge is 0.496 e. The Bertz CT molecular complexity index is 1790. The van der Waals surface area contributed by atoms with Gasteiger partial charge in [0, 0.05) is 30.4 Å². The van der Waals surface area contributed by atoms with Crippen LogP contribution in [0.3, 0.4) is 0 Å². The van der Waals surface area contributed by atoms with E-state index in [4.69, 9.17) is 9.47 Å². The Labute approximate surface area is 262 Å². The van der Waals surface area contributed by atoms with Crippen LogP contribution in [0.4, 0.5) is 21.9 Å². The summed E-state index contributed by atoms with van der Waals surface area (Å²) < 4.78 is 13.1. The fourth-order valence-corrected chi connectivity index (χ4v) is 6.16. The number of carbonyl (C=O) groups is 3. The number of aromatic nitrogens is 1. The van der Waals surface area contributed by atoms with Crippen LogP contribution in [-0.2, 0) is 16.1 Å². The number of anilines is 3. The van der Waals surface area contributed by atoms with Gasteiger partial charge in [-0.05, 0) is 72.8 Å². The summed E-state index contributed by atoms with van der Waals surface area (Å²) in [4.78, 5) is 42.4. The van der Waals surface area contributed by atoms with E-state index in [-0.39, 0.29) is 17.5 Å². The second-order valence-electron chi connectivity index (χ2n) is 11.2. The molecule has 6 rings (SSSR count). The van der Waals surface area contributed by atoms with Crippen molar-refractivity contribution in [3.8, 4) is 5.75 Å². The maximum atomic E-state index is 13.3. The van der Waals surface area contributed by atoms with Gasteiger partial charge in [-0.15, -0.1) is 0 Å². The molecule has 0 unspecified atom stereocenters. The molecule has 0 saturated heterocycles. The standard InChI is InChI=1S/C37H35N3O5/c1-26(41)39(30-15-9-10-16-30)33-20-19-27-21-22-38(34(27)24-33)25-29-18-17-28(23-35(29)44-2)36(42)45-37(43)40(31-11-5-3-6-12-31)32-13-7-4-8-14-32/h3-8,11-14,17-24,30H,9-10,15-16,25H2,1-2H3. The third-order valence-electron chi connectivity index (χ3n) is 8.32.